The van der Waals surface area contributed by atoms with E-state index in [1.165, 1.54) is 29.5 Å². The number of hydrogen-bond acceptors (Lipinski definition) is 5. The molecular formula is C32H37N3O2. The number of para-hydroxylation sites is 1. The molecule has 5 heteroatoms. The van der Waals surface area contributed by atoms with Crippen molar-refractivity contribution in [3.63, 3.8) is 0 Å². The highest BCUT2D eigenvalue weighted by molar-refractivity contribution is 5.68. The van der Waals surface area contributed by atoms with Crippen LogP contribution in [0, 0.1) is 11.8 Å². The van der Waals surface area contributed by atoms with Crippen LogP contribution in [0.1, 0.15) is 42.4 Å². The third-order valence-corrected chi connectivity index (χ3v) is 8.93. The summed E-state index contributed by atoms with van der Waals surface area (Å²) in [7, 11) is 0. The number of rotatable bonds is 6. The molecule has 1 aromatic heterocycles. The smallest absolute Gasteiger partial charge is 0.129 e. The van der Waals surface area contributed by atoms with Gasteiger partial charge in [0.1, 0.15) is 18.2 Å². The zero-order valence-electron chi connectivity index (χ0n) is 21.6. The lowest BCUT2D eigenvalue weighted by molar-refractivity contribution is 0.0290. The highest BCUT2D eigenvalue weighted by Crippen LogP contribution is 2.45. The van der Waals surface area contributed by atoms with E-state index < -0.39 is 0 Å². The first-order valence-electron chi connectivity index (χ1n) is 14.2. The molecule has 2 atom stereocenters. The first-order valence-corrected chi connectivity index (χ1v) is 14.2. The predicted molar refractivity (Wildman–Crippen MR) is 147 cm³/mol. The number of ether oxygens (including phenoxy) is 2. The SMILES string of the molecule is c1cc(-c2ccccc2OCc2ccc3c(c2)CCN(C2CCOCC2)C3)nc(N2CC[C@H]3C[C@H]3C2)c1. The van der Waals surface area contributed by atoms with Crippen LogP contribution in [0.3, 0.4) is 0 Å². The first kappa shape index (κ1) is 23.2. The van der Waals surface area contributed by atoms with Crippen molar-refractivity contribution in [1.29, 1.82) is 0 Å². The number of piperidine rings is 1. The molecule has 2 aromatic carbocycles. The topological polar surface area (TPSA) is 37.8 Å². The Labute approximate surface area is 220 Å². The predicted octanol–water partition coefficient (Wildman–Crippen LogP) is 5.71. The fraction of sp³-hybridized carbons (Fsp3) is 0.469. The fourth-order valence-corrected chi connectivity index (χ4v) is 6.59. The van der Waals surface area contributed by atoms with Crippen molar-refractivity contribution < 1.29 is 9.47 Å². The van der Waals surface area contributed by atoms with Gasteiger partial charge in [-0.2, -0.15) is 0 Å². The van der Waals surface area contributed by atoms with Gasteiger partial charge in [-0.1, -0.05) is 36.4 Å². The fourth-order valence-electron chi connectivity index (χ4n) is 6.59. The van der Waals surface area contributed by atoms with Gasteiger partial charge < -0.3 is 14.4 Å². The Balaban J connectivity index is 1.04. The van der Waals surface area contributed by atoms with Crippen LogP contribution in [-0.2, 0) is 24.3 Å². The van der Waals surface area contributed by atoms with Crippen molar-refractivity contribution in [3.8, 4) is 17.0 Å². The van der Waals surface area contributed by atoms with Gasteiger partial charge in [0.05, 0.1) is 5.69 Å². The molecule has 3 aliphatic heterocycles. The lowest BCUT2D eigenvalue weighted by atomic mass is 9.95. The monoisotopic (exact) mass is 495 g/mol. The molecule has 192 valence electrons. The molecule has 3 fully saturated rings. The molecule has 37 heavy (non-hydrogen) atoms. The van der Waals surface area contributed by atoms with Gasteiger partial charge in [0.15, 0.2) is 0 Å². The van der Waals surface area contributed by atoms with Crippen LogP contribution < -0.4 is 9.64 Å². The van der Waals surface area contributed by atoms with E-state index in [1.807, 2.05) is 0 Å². The summed E-state index contributed by atoms with van der Waals surface area (Å²) in [5.74, 6) is 3.86. The molecule has 0 unspecified atom stereocenters. The summed E-state index contributed by atoms with van der Waals surface area (Å²) < 4.78 is 12.0. The minimum atomic E-state index is 0.572. The number of benzene rings is 2. The molecule has 0 bridgehead atoms. The van der Waals surface area contributed by atoms with Gasteiger partial charge in [-0.25, -0.2) is 4.98 Å². The summed E-state index contributed by atoms with van der Waals surface area (Å²) in [6.07, 6.45) is 6.16. The van der Waals surface area contributed by atoms with Gasteiger partial charge in [-0.15, -0.1) is 0 Å². The molecule has 5 nitrogen and oxygen atoms in total. The second kappa shape index (κ2) is 10.1. The Morgan fingerprint density at radius 2 is 1.81 bits per heavy atom. The molecule has 3 aromatic rings. The number of fused-ring (bicyclic) bond motifs is 2. The number of aromatic nitrogens is 1. The second-order valence-electron chi connectivity index (χ2n) is 11.3. The van der Waals surface area contributed by atoms with Gasteiger partial charge >= 0.3 is 0 Å². The molecule has 0 amide bonds. The van der Waals surface area contributed by atoms with E-state index in [9.17, 15) is 0 Å². The minimum absolute atomic E-state index is 0.572. The van der Waals surface area contributed by atoms with Crippen LogP contribution in [0.15, 0.2) is 60.7 Å². The number of nitrogens with zero attached hydrogens (tertiary/aromatic N) is 3. The summed E-state index contributed by atoms with van der Waals surface area (Å²) in [4.78, 5) is 10.2. The van der Waals surface area contributed by atoms with Crippen molar-refractivity contribution in [2.24, 2.45) is 11.8 Å². The van der Waals surface area contributed by atoms with Crippen molar-refractivity contribution in [3.05, 3.63) is 77.4 Å². The van der Waals surface area contributed by atoms with Gasteiger partial charge in [0, 0.05) is 51.0 Å². The largest absolute Gasteiger partial charge is 0.488 e. The zero-order valence-corrected chi connectivity index (χ0v) is 21.6. The molecule has 0 radical (unpaired) electrons. The Morgan fingerprint density at radius 1 is 0.892 bits per heavy atom. The van der Waals surface area contributed by atoms with Crippen LogP contribution in [0.2, 0.25) is 0 Å². The van der Waals surface area contributed by atoms with Crippen LogP contribution in [0.5, 0.6) is 5.75 Å². The summed E-state index contributed by atoms with van der Waals surface area (Å²) in [5.41, 5.74) is 6.24. The number of pyridine rings is 1. The number of anilines is 1. The van der Waals surface area contributed by atoms with Crippen molar-refractivity contribution in [2.45, 2.75) is 51.3 Å². The van der Waals surface area contributed by atoms with E-state index in [1.54, 1.807) is 0 Å². The minimum Gasteiger partial charge on any atom is -0.488 e. The van der Waals surface area contributed by atoms with Crippen LogP contribution in [0.4, 0.5) is 5.82 Å². The van der Waals surface area contributed by atoms with E-state index in [4.69, 9.17) is 14.5 Å². The highest BCUT2D eigenvalue weighted by atomic mass is 16.5. The van der Waals surface area contributed by atoms with Gasteiger partial charge in [0.2, 0.25) is 0 Å². The average Bonchev–Trinajstić information content (AvgIpc) is 3.76. The van der Waals surface area contributed by atoms with Gasteiger partial charge in [-0.05, 0) is 84.9 Å². The molecule has 0 spiro atoms. The molecule has 4 aliphatic rings. The molecule has 1 aliphatic carbocycles. The summed E-state index contributed by atoms with van der Waals surface area (Å²) in [6.45, 7) is 6.87. The maximum Gasteiger partial charge on any atom is 0.129 e. The molecule has 7 rings (SSSR count). The molecular weight excluding hydrogens is 458 g/mol. The van der Waals surface area contributed by atoms with E-state index in [2.05, 4.69) is 70.5 Å². The highest BCUT2D eigenvalue weighted by Gasteiger charge is 2.41. The third-order valence-electron chi connectivity index (χ3n) is 8.93. The maximum absolute atomic E-state index is 6.42. The lowest BCUT2D eigenvalue weighted by Crippen LogP contribution is -2.42. The van der Waals surface area contributed by atoms with E-state index in [-0.39, 0.29) is 0 Å². The van der Waals surface area contributed by atoms with Crippen LogP contribution in [0.25, 0.3) is 11.3 Å². The Morgan fingerprint density at radius 3 is 2.73 bits per heavy atom. The van der Waals surface area contributed by atoms with Gasteiger partial charge in [-0.3, -0.25) is 4.90 Å². The van der Waals surface area contributed by atoms with Crippen molar-refractivity contribution in [1.82, 2.24) is 9.88 Å². The maximum atomic E-state index is 6.42. The Hall–Kier alpha value is -2.89. The summed E-state index contributed by atoms with van der Waals surface area (Å²) >= 11 is 0. The van der Waals surface area contributed by atoms with E-state index in [0.717, 1.165) is 93.3 Å². The first-order chi connectivity index (χ1) is 18.3. The molecule has 0 N–H and O–H groups in total. The quantitative estimate of drug-likeness (QED) is 0.438. The van der Waals surface area contributed by atoms with E-state index >= 15 is 0 Å². The number of hydrogen-bond donors (Lipinski definition) is 0. The second-order valence-corrected chi connectivity index (χ2v) is 11.3. The Kier molecular flexibility index (Phi) is 6.35. The standard InChI is InChI=1S/C32H37N3O2/c1-2-6-31(29(4-1)30-5-3-7-32(33-30)35-15-11-25-19-27(25)21-35)37-22-23-8-9-26-20-34(14-10-24(26)18-23)28-12-16-36-17-13-28/h1-9,18,25,27-28H,10-17,19-22H2/t25-,27-/m0/s1. The van der Waals surface area contributed by atoms with Gasteiger partial charge in [0.25, 0.3) is 0 Å². The Bertz CT molecular complexity index is 1250. The lowest BCUT2D eigenvalue weighted by Gasteiger charge is -2.37. The summed E-state index contributed by atoms with van der Waals surface area (Å²) in [6, 6.07) is 22.3. The van der Waals surface area contributed by atoms with E-state index in [0.29, 0.717) is 12.6 Å². The van der Waals surface area contributed by atoms with Crippen LogP contribution >= 0.6 is 0 Å². The van der Waals surface area contributed by atoms with Crippen molar-refractivity contribution >= 4 is 5.82 Å². The average molecular weight is 496 g/mol. The molecule has 1 saturated carbocycles. The zero-order chi connectivity index (χ0) is 24.6. The molecule has 2 saturated heterocycles. The summed E-state index contributed by atoms with van der Waals surface area (Å²) in [5, 5.41) is 0. The third kappa shape index (κ3) is 4.99. The molecule has 4 heterocycles. The van der Waals surface area contributed by atoms with Crippen LogP contribution in [-0.4, -0.2) is 48.8 Å². The van der Waals surface area contributed by atoms with Crippen molar-refractivity contribution in [2.75, 3.05) is 37.7 Å². The normalized spacial score (nSPS) is 23.8.